The molecule has 3 aromatic heterocycles. The number of hydrogen-bond acceptors (Lipinski definition) is 6. The summed E-state index contributed by atoms with van der Waals surface area (Å²) in [6, 6.07) is 9.53. The zero-order chi connectivity index (χ0) is 23.8. The summed E-state index contributed by atoms with van der Waals surface area (Å²) in [6.07, 6.45) is 4.18. The number of ketones is 1. The van der Waals surface area contributed by atoms with E-state index in [0.717, 1.165) is 40.2 Å². The first kappa shape index (κ1) is 22.4. The fourth-order valence-electron chi connectivity index (χ4n) is 4.32. The molecule has 34 heavy (non-hydrogen) atoms. The molecular formula is C25H26ClN5O3. The summed E-state index contributed by atoms with van der Waals surface area (Å²) >= 11 is 6.24. The normalized spacial score (nSPS) is 15.4. The van der Waals surface area contributed by atoms with Gasteiger partial charge in [0.1, 0.15) is 22.3 Å². The number of carbonyl (C=O) groups excluding carboxylic acids is 1. The summed E-state index contributed by atoms with van der Waals surface area (Å²) in [5.41, 5.74) is 3.82. The lowest BCUT2D eigenvalue weighted by atomic mass is 9.89. The molecule has 0 saturated carbocycles. The second-order valence-corrected chi connectivity index (χ2v) is 9.13. The average molecular weight is 480 g/mol. The largest absolute Gasteiger partial charge is 0.497 e. The molecule has 8 nitrogen and oxygen atoms in total. The third-order valence-electron chi connectivity index (χ3n) is 6.19. The van der Waals surface area contributed by atoms with Crippen LogP contribution in [-0.4, -0.2) is 64.8 Å². The number of H-pyrrole nitrogens is 1. The molecule has 9 heteroatoms. The quantitative estimate of drug-likeness (QED) is 0.402. The van der Waals surface area contributed by atoms with Crippen molar-refractivity contribution in [3.8, 4) is 22.8 Å². The fraction of sp³-hybridized carbons (Fsp3) is 0.320. The molecule has 0 spiro atoms. The maximum absolute atomic E-state index is 13.7. The van der Waals surface area contributed by atoms with Crippen molar-refractivity contribution in [2.24, 2.45) is 5.92 Å². The van der Waals surface area contributed by atoms with E-state index in [1.54, 1.807) is 13.3 Å². The number of carbonyl (C=O) groups is 1. The van der Waals surface area contributed by atoms with Gasteiger partial charge in [-0.15, -0.1) is 0 Å². The number of likely N-dealkylation sites (N-methyl/N-ethyl adjacent to an activating group) is 1. The fourth-order valence-corrected chi connectivity index (χ4v) is 4.52. The van der Waals surface area contributed by atoms with Crippen molar-refractivity contribution in [1.29, 1.82) is 0 Å². The standard InChI is InChI=1S/C25H26ClN5O3/c1-30(2)8-9-31-13-20(18-5-6-21(28-25(18)31)19-12-27-29-24(19)26)23(32)16-10-15-11-17(33-3)4-7-22(15)34-14-16/h4-7,11-13,16H,8-10,14H2,1-3H3,(H,27,29). The van der Waals surface area contributed by atoms with E-state index in [9.17, 15) is 4.79 Å². The maximum atomic E-state index is 13.7. The van der Waals surface area contributed by atoms with E-state index in [4.69, 9.17) is 26.1 Å². The Morgan fingerprint density at radius 3 is 2.91 bits per heavy atom. The number of benzene rings is 1. The van der Waals surface area contributed by atoms with E-state index in [2.05, 4.69) is 15.1 Å². The Morgan fingerprint density at radius 2 is 2.18 bits per heavy atom. The monoisotopic (exact) mass is 479 g/mol. The molecule has 0 amide bonds. The average Bonchev–Trinajstić information content (AvgIpc) is 3.44. The molecule has 0 bridgehead atoms. The molecule has 1 aliphatic rings. The second-order valence-electron chi connectivity index (χ2n) is 8.75. The first-order valence-electron chi connectivity index (χ1n) is 11.1. The summed E-state index contributed by atoms with van der Waals surface area (Å²) in [4.78, 5) is 20.7. The minimum Gasteiger partial charge on any atom is -0.497 e. The molecule has 1 unspecified atom stereocenters. The zero-order valence-corrected chi connectivity index (χ0v) is 20.1. The number of rotatable bonds is 7. The van der Waals surface area contributed by atoms with Gasteiger partial charge in [-0.2, -0.15) is 5.10 Å². The van der Waals surface area contributed by atoms with Gasteiger partial charge in [-0.1, -0.05) is 11.6 Å². The molecule has 1 N–H and O–H groups in total. The van der Waals surface area contributed by atoms with Crippen molar-refractivity contribution < 1.29 is 14.3 Å². The number of aromatic amines is 1. The van der Waals surface area contributed by atoms with E-state index in [-0.39, 0.29) is 11.7 Å². The number of aromatic nitrogens is 4. The van der Waals surface area contributed by atoms with Crippen molar-refractivity contribution in [2.75, 3.05) is 34.4 Å². The van der Waals surface area contributed by atoms with Gasteiger partial charge in [0.05, 0.1) is 37.1 Å². The summed E-state index contributed by atoms with van der Waals surface area (Å²) < 4.78 is 13.3. The van der Waals surface area contributed by atoms with Crippen LogP contribution in [0.2, 0.25) is 5.15 Å². The van der Waals surface area contributed by atoms with Gasteiger partial charge in [-0.3, -0.25) is 9.89 Å². The summed E-state index contributed by atoms with van der Waals surface area (Å²) in [5, 5.41) is 7.99. The molecule has 0 fully saturated rings. The molecule has 0 saturated heterocycles. The summed E-state index contributed by atoms with van der Waals surface area (Å²) in [7, 11) is 5.68. The van der Waals surface area contributed by atoms with Gasteiger partial charge in [0.2, 0.25) is 0 Å². The van der Waals surface area contributed by atoms with Gasteiger partial charge in [-0.25, -0.2) is 4.98 Å². The summed E-state index contributed by atoms with van der Waals surface area (Å²) in [5.74, 6) is 1.33. The van der Waals surface area contributed by atoms with Gasteiger partial charge in [0, 0.05) is 30.2 Å². The van der Waals surface area contributed by atoms with Crippen molar-refractivity contribution in [3.63, 3.8) is 0 Å². The molecule has 0 aliphatic carbocycles. The molecule has 1 aromatic carbocycles. The van der Waals surface area contributed by atoms with E-state index < -0.39 is 0 Å². The topological polar surface area (TPSA) is 85.3 Å². The van der Waals surface area contributed by atoms with Crippen molar-refractivity contribution >= 4 is 28.4 Å². The Kier molecular flexibility index (Phi) is 6.02. The van der Waals surface area contributed by atoms with Gasteiger partial charge in [-0.05, 0) is 56.4 Å². The highest BCUT2D eigenvalue weighted by Gasteiger charge is 2.30. The zero-order valence-electron chi connectivity index (χ0n) is 19.3. The smallest absolute Gasteiger partial charge is 0.171 e. The van der Waals surface area contributed by atoms with Crippen LogP contribution in [0.5, 0.6) is 11.5 Å². The lowest BCUT2D eigenvalue weighted by molar-refractivity contribution is 0.0856. The number of fused-ring (bicyclic) bond motifs is 2. The molecule has 4 heterocycles. The molecule has 5 rings (SSSR count). The first-order valence-corrected chi connectivity index (χ1v) is 11.5. The number of halogens is 1. The van der Waals surface area contributed by atoms with E-state index >= 15 is 0 Å². The van der Waals surface area contributed by atoms with Crippen LogP contribution in [0.25, 0.3) is 22.3 Å². The van der Waals surface area contributed by atoms with Crippen molar-refractivity contribution in [1.82, 2.24) is 24.6 Å². The van der Waals surface area contributed by atoms with Crippen molar-refractivity contribution in [2.45, 2.75) is 13.0 Å². The number of nitrogens with one attached hydrogen (secondary N) is 1. The van der Waals surface area contributed by atoms with E-state index in [1.165, 1.54) is 0 Å². The number of ether oxygens (including phenoxy) is 2. The Hall–Kier alpha value is -3.36. The van der Waals surface area contributed by atoms with Crippen LogP contribution in [0.15, 0.2) is 42.7 Å². The van der Waals surface area contributed by atoms with Crippen LogP contribution in [-0.2, 0) is 13.0 Å². The predicted molar refractivity (Wildman–Crippen MR) is 131 cm³/mol. The van der Waals surface area contributed by atoms with Gasteiger partial charge in [0.25, 0.3) is 0 Å². The number of nitrogens with zero attached hydrogens (tertiary/aromatic N) is 4. The van der Waals surface area contributed by atoms with Crippen LogP contribution in [0.1, 0.15) is 15.9 Å². The van der Waals surface area contributed by atoms with E-state index in [0.29, 0.717) is 36.0 Å². The molecule has 0 radical (unpaired) electrons. The van der Waals surface area contributed by atoms with E-state index in [1.807, 2.05) is 55.2 Å². The molecule has 176 valence electrons. The third-order valence-corrected chi connectivity index (χ3v) is 6.48. The van der Waals surface area contributed by atoms with Crippen LogP contribution in [0, 0.1) is 5.92 Å². The molecule has 1 atom stereocenters. The van der Waals surface area contributed by atoms with Crippen LogP contribution in [0.3, 0.4) is 0 Å². The Labute approximate surface area is 202 Å². The van der Waals surface area contributed by atoms with Crippen LogP contribution < -0.4 is 9.47 Å². The molecule has 1 aliphatic heterocycles. The van der Waals surface area contributed by atoms with Crippen LogP contribution in [0.4, 0.5) is 0 Å². The van der Waals surface area contributed by atoms with Gasteiger partial charge < -0.3 is 18.9 Å². The van der Waals surface area contributed by atoms with Gasteiger partial charge in [0.15, 0.2) is 5.78 Å². The van der Waals surface area contributed by atoms with Gasteiger partial charge >= 0.3 is 0 Å². The number of pyridine rings is 1. The number of methoxy groups -OCH3 is 1. The Bertz CT molecular complexity index is 1360. The lowest BCUT2D eigenvalue weighted by Gasteiger charge is -2.24. The maximum Gasteiger partial charge on any atom is 0.171 e. The second kappa shape index (κ2) is 9.12. The highest BCUT2D eigenvalue weighted by Crippen LogP contribution is 2.34. The molecule has 4 aromatic rings. The minimum atomic E-state index is -0.282. The SMILES string of the molecule is COc1ccc2c(c1)CC(C(=O)c1cn(CCN(C)C)c3nc(-c4cn[nH]c4Cl)ccc13)CO2. The van der Waals surface area contributed by atoms with Crippen molar-refractivity contribution in [3.05, 3.63) is 59.0 Å². The minimum absolute atomic E-state index is 0.0537. The number of Topliss-reactive ketones (excluding diaryl/α,β-unsaturated/α-hetero) is 1. The van der Waals surface area contributed by atoms with Crippen LogP contribution >= 0.6 is 11.6 Å². The summed E-state index contributed by atoms with van der Waals surface area (Å²) in [6.45, 7) is 1.86. The molecular weight excluding hydrogens is 454 g/mol. The third kappa shape index (κ3) is 4.15. The lowest BCUT2D eigenvalue weighted by Crippen LogP contribution is -2.28. The highest BCUT2D eigenvalue weighted by atomic mass is 35.5. The Morgan fingerprint density at radius 1 is 1.32 bits per heavy atom. The first-order chi connectivity index (χ1) is 16.4. The Balaban J connectivity index is 1.52. The predicted octanol–water partition coefficient (Wildman–Crippen LogP) is 4.08. The highest BCUT2D eigenvalue weighted by molar-refractivity contribution is 6.32. The number of hydrogen-bond donors (Lipinski definition) is 1.